The molecule has 3 amide bonds. The van der Waals surface area contributed by atoms with Gasteiger partial charge >= 0.3 is 6.03 Å². The first-order chi connectivity index (χ1) is 10.7. The summed E-state index contributed by atoms with van der Waals surface area (Å²) in [7, 11) is 0. The number of anilines is 1. The number of carbonyl (C=O) groups excluding carboxylic acids is 2. The number of hydrogen-bond acceptors (Lipinski definition) is 2. The maximum Gasteiger partial charge on any atom is 0.322 e. The van der Waals surface area contributed by atoms with Crippen molar-refractivity contribution in [3.63, 3.8) is 0 Å². The summed E-state index contributed by atoms with van der Waals surface area (Å²) in [4.78, 5) is 25.0. The van der Waals surface area contributed by atoms with Crippen molar-refractivity contribution in [2.45, 2.75) is 38.0 Å². The van der Waals surface area contributed by atoms with E-state index in [4.69, 9.17) is 0 Å². The molecule has 2 fully saturated rings. The van der Waals surface area contributed by atoms with Crippen molar-refractivity contribution in [2.75, 3.05) is 25.0 Å². The number of rotatable bonds is 2. The van der Waals surface area contributed by atoms with Crippen LogP contribution in [0, 0.1) is 0 Å². The minimum Gasteiger partial charge on any atom is -0.353 e. The molecule has 1 saturated carbocycles. The molecule has 1 aliphatic heterocycles. The largest absolute Gasteiger partial charge is 0.353 e. The third kappa shape index (κ3) is 3.59. The molecular formula is C17H23N3O2. The summed E-state index contributed by atoms with van der Waals surface area (Å²) in [6.45, 7) is 1.20. The van der Waals surface area contributed by atoms with Crippen LogP contribution in [0.25, 0.3) is 0 Å². The van der Waals surface area contributed by atoms with Gasteiger partial charge in [0.25, 0.3) is 0 Å². The van der Waals surface area contributed by atoms with Crippen LogP contribution >= 0.6 is 0 Å². The van der Waals surface area contributed by atoms with Gasteiger partial charge in [0.15, 0.2) is 0 Å². The molecule has 0 aromatic heterocycles. The zero-order valence-electron chi connectivity index (χ0n) is 12.8. The minimum atomic E-state index is -0.208. The summed E-state index contributed by atoms with van der Waals surface area (Å²) in [5.74, 6) is 0.568. The van der Waals surface area contributed by atoms with Gasteiger partial charge in [-0.1, -0.05) is 31.4 Å². The Balaban J connectivity index is 1.58. The van der Waals surface area contributed by atoms with Crippen LogP contribution < -0.4 is 10.6 Å². The van der Waals surface area contributed by atoms with E-state index in [0.29, 0.717) is 19.0 Å². The number of piperazine rings is 1. The Kier molecular flexibility index (Phi) is 4.61. The molecule has 1 aromatic carbocycles. The summed E-state index contributed by atoms with van der Waals surface area (Å²) in [5, 5.41) is 5.58. The van der Waals surface area contributed by atoms with Crippen molar-refractivity contribution in [3.8, 4) is 0 Å². The van der Waals surface area contributed by atoms with Gasteiger partial charge in [0.05, 0.1) is 0 Å². The van der Waals surface area contributed by atoms with Crippen molar-refractivity contribution >= 4 is 17.6 Å². The van der Waals surface area contributed by atoms with E-state index in [2.05, 4.69) is 22.8 Å². The standard InChI is InChI=1S/C17H23N3O2/c21-16-12-20(11-10-18-16)17(22)19-15-8-6-14(7-9-15)13-4-2-1-3-5-13/h6-9,13H,1-5,10-12H2,(H,18,21)(H,19,22). The van der Waals surface area contributed by atoms with Gasteiger partial charge in [0.1, 0.15) is 6.54 Å². The molecule has 1 aliphatic carbocycles. The van der Waals surface area contributed by atoms with Gasteiger partial charge in [-0.15, -0.1) is 0 Å². The Hall–Kier alpha value is -2.04. The molecule has 0 bridgehead atoms. The van der Waals surface area contributed by atoms with E-state index in [0.717, 1.165) is 5.69 Å². The number of benzene rings is 1. The molecule has 0 spiro atoms. The summed E-state index contributed by atoms with van der Waals surface area (Å²) in [6, 6.07) is 7.96. The lowest BCUT2D eigenvalue weighted by Crippen LogP contribution is -2.51. The van der Waals surface area contributed by atoms with Gasteiger partial charge in [-0.3, -0.25) is 4.79 Å². The average molecular weight is 301 g/mol. The molecule has 1 heterocycles. The average Bonchev–Trinajstić information content (AvgIpc) is 2.56. The van der Waals surface area contributed by atoms with Gasteiger partial charge in [-0.25, -0.2) is 4.79 Å². The number of nitrogens with zero attached hydrogens (tertiary/aromatic N) is 1. The maximum atomic E-state index is 12.1. The molecule has 3 rings (SSSR count). The molecular weight excluding hydrogens is 278 g/mol. The lowest BCUT2D eigenvalue weighted by molar-refractivity contribution is -0.123. The van der Waals surface area contributed by atoms with E-state index in [1.54, 1.807) is 0 Å². The SMILES string of the molecule is O=C1CN(C(=O)Nc2ccc(C3CCCCC3)cc2)CCN1. The van der Waals surface area contributed by atoms with E-state index in [1.165, 1.54) is 42.6 Å². The first kappa shape index (κ1) is 14.9. The summed E-state index contributed by atoms with van der Waals surface area (Å²) in [6.07, 6.45) is 6.54. The zero-order valence-corrected chi connectivity index (χ0v) is 12.8. The highest BCUT2D eigenvalue weighted by Crippen LogP contribution is 2.32. The topological polar surface area (TPSA) is 61.4 Å². The fraction of sp³-hybridized carbons (Fsp3) is 0.529. The van der Waals surface area contributed by atoms with Crippen LogP contribution in [0.2, 0.25) is 0 Å². The Morgan fingerprint density at radius 3 is 2.55 bits per heavy atom. The number of carbonyl (C=O) groups is 2. The first-order valence-electron chi connectivity index (χ1n) is 8.15. The second-order valence-corrected chi connectivity index (χ2v) is 6.16. The van der Waals surface area contributed by atoms with E-state index in [9.17, 15) is 9.59 Å². The smallest absolute Gasteiger partial charge is 0.322 e. The van der Waals surface area contributed by atoms with Crippen molar-refractivity contribution < 1.29 is 9.59 Å². The van der Waals surface area contributed by atoms with Gasteiger partial charge in [-0.05, 0) is 36.5 Å². The number of hydrogen-bond donors (Lipinski definition) is 2. The van der Waals surface area contributed by atoms with E-state index >= 15 is 0 Å². The Bertz CT molecular complexity index is 535. The summed E-state index contributed by atoms with van der Waals surface area (Å²) >= 11 is 0. The Morgan fingerprint density at radius 1 is 1.14 bits per heavy atom. The second-order valence-electron chi connectivity index (χ2n) is 6.16. The lowest BCUT2D eigenvalue weighted by Gasteiger charge is -2.27. The number of amides is 3. The number of urea groups is 1. The molecule has 0 atom stereocenters. The predicted octanol–water partition coefficient (Wildman–Crippen LogP) is 2.70. The molecule has 2 aliphatic rings. The normalized spacial score (nSPS) is 19.6. The molecule has 118 valence electrons. The lowest BCUT2D eigenvalue weighted by atomic mass is 9.84. The fourth-order valence-corrected chi connectivity index (χ4v) is 3.29. The molecule has 22 heavy (non-hydrogen) atoms. The highest BCUT2D eigenvalue weighted by atomic mass is 16.2. The van der Waals surface area contributed by atoms with E-state index in [1.807, 2.05) is 12.1 Å². The molecule has 1 saturated heterocycles. The van der Waals surface area contributed by atoms with Crippen LogP contribution in [-0.2, 0) is 4.79 Å². The third-order valence-electron chi connectivity index (χ3n) is 4.56. The molecule has 0 unspecified atom stereocenters. The van der Waals surface area contributed by atoms with Gasteiger partial charge in [0.2, 0.25) is 5.91 Å². The third-order valence-corrected chi connectivity index (χ3v) is 4.56. The van der Waals surface area contributed by atoms with Crippen molar-refractivity contribution in [1.29, 1.82) is 0 Å². The number of nitrogens with one attached hydrogen (secondary N) is 2. The Morgan fingerprint density at radius 2 is 1.86 bits per heavy atom. The minimum absolute atomic E-state index is 0.103. The summed E-state index contributed by atoms with van der Waals surface area (Å²) in [5.41, 5.74) is 2.16. The van der Waals surface area contributed by atoms with Crippen LogP contribution in [0.4, 0.5) is 10.5 Å². The highest BCUT2D eigenvalue weighted by molar-refractivity contribution is 5.93. The van der Waals surface area contributed by atoms with Gasteiger partial charge in [-0.2, -0.15) is 0 Å². The van der Waals surface area contributed by atoms with E-state index < -0.39 is 0 Å². The van der Waals surface area contributed by atoms with Crippen LogP contribution in [-0.4, -0.2) is 36.5 Å². The first-order valence-corrected chi connectivity index (χ1v) is 8.15. The van der Waals surface area contributed by atoms with Gasteiger partial charge in [0, 0.05) is 18.8 Å². The highest BCUT2D eigenvalue weighted by Gasteiger charge is 2.21. The molecule has 5 nitrogen and oxygen atoms in total. The van der Waals surface area contributed by atoms with Crippen molar-refractivity contribution in [1.82, 2.24) is 10.2 Å². The monoisotopic (exact) mass is 301 g/mol. The maximum absolute atomic E-state index is 12.1. The predicted molar refractivity (Wildman–Crippen MR) is 85.9 cm³/mol. The second kappa shape index (κ2) is 6.81. The fourth-order valence-electron chi connectivity index (χ4n) is 3.29. The van der Waals surface area contributed by atoms with Crippen LogP contribution in [0.1, 0.15) is 43.6 Å². The molecule has 1 aromatic rings. The molecule has 0 radical (unpaired) electrons. The van der Waals surface area contributed by atoms with Crippen LogP contribution in [0.15, 0.2) is 24.3 Å². The van der Waals surface area contributed by atoms with Crippen LogP contribution in [0.3, 0.4) is 0 Å². The summed E-state index contributed by atoms with van der Waals surface area (Å²) < 4.78 is 0. The molecule has 2 N–H and O–H groups in total. The zero-order chi connectivity index (χ0) is 15.4. The van der Waals surface area contributed by atoms with Crippen molar-refractivity contribution in [3.05, 3.63) is 29.8 Å². The van der Waals surface area contributed by atoms with Crippen molar-refractivity contribution in [2.24, 2.45) is 0 Å². The quantitative estimate of drug-likeness (QED) is 0.882. The van der Waals surface area contributed by atoms with Crippen LogP contribution in [0.5, 0.6) is 0 Å². The Labute approximate surface area is 131 Å². The molecule has 5 heteroatoms. The van der Waals surface area contributed by atoms with Gasteiger partial charge < -0.3 is 15.5 Å². The van der Waals surface area contributed by atoms with E-state index in [-0.39, 0.29) is 18.5 Å².